The summed E-state index contributed by atoms with van der Waals surface area (Å²) in [6, 6.07) is 0.309. The molecule has 0 aliphatic carbocycles. The second-order valence-electron chi connectivity index (χ2n) is 4.80. The van der Waals surface area contributed by atoms with Crippen molar-refractivity contribution in [3.63, 3.8) is 0 Å². The van der Waals surface area contributed by atoms with Crippen LogP contribution in [0.1, 0.15) is 31.2 Å². The summed E-state index contributed by atoms with van der Waals surface area (Å²) in [5.74, 6) is 5.59. The van der Waals surface area contributed by atoms with Gasteiger partial charge in [-0.05, 0) is 37.7 Å². The average Bonchev–Trinajstić information content (AvgIpc) is 2.96. The lowest BCUT2D eigenvalue weighted by Gasteiger charge is -2.17. The molecule has 17 heavy (non-hydrogen) atoms. The third-order valence-electron chi connectivity index (χ3n) is 3.34. The molecule has 2 unspecified atom stereocenters. The average molecular weight is 238 g/mol. The number of nitrogens with one attached hydrogen (secondary N) is 1. The van der Waals surface area contributed by atoms with Crippen LogP contribution in [0.3, 0.4) is 0 Å². The van der Waals surface area contributed by atoms with Crippen molar-refractivity contribution in [2.24, 2.45) is 12.9 Å². The van der Waals surface area contributed by atoms with Gasteiger partial charge in [0.1, 0.15) is 0 Å². The Morgan fingerprint density at radius 1 is 1.71 bits per heavy atom. The van der Waals surface area contributed by atoms with Crippen molar-refractivity contribution in [1.29, 1.82) is 0 Å². The SMILES string of the molecule is Cn1cc(CC(CCC2CCCO2)NN)cn1. The van der Waals surface area contributed by atoms with Gasteiger partial charge in [-0.2, -0.15) is 5.10 Å². The Morgan fingerprint density at radius 3 is 3.18 bits per heavy atom. The van der Waals surface area contributed by atoms with E-state index in [0.29, 0.717) is 12.1 Å². The molecule has 1 saturated heterocycles. The Kier molecular flexibility index (Phi) is 4.53. The molecule has 2 heterocycles. The maximum absolute atomic E-state index is 5.62. The molecule has 0 amide bonds. The maximum atomic E-state index is 5.62. The first kappa shape index (κ1) is 12.5. The summed E-state index contributed by atoms with van der Waals surface area (Å²) in [7, 11) is 1.93. The highest BCUT2D eigenvalue weighted by Crippen LogP contribution is 2.18. The van der Waals surface area contributed by atoms with E-state index in [0.717, 1.165) is 25.9 Å². The number of hydrogen-bond acceptors (Lipinski definition) is 4. The van der Waals surface area contributed by atoms with E-state index in [9.17, 15) is 0 Å². The predicted octanol–water partition coefficient (Wildman–Crippen LogP) is 0.754. The minimum atomic E-state index is 0.309. The zero-order valence-corrected chi connectivity index (χ0v) is 10.4. The van der Waals surface area contributed by atoms with E-state index >= 15 is 0 Å². The normalized spacial score (nSPS) is 21.9. The Labute approximate surface area is 102 Å². The van der Waals surface area contributed by atoms with Crippen molar-refractivity contribution in [3.05, 3.63) is 18.0 Å². The molecular weight excluding hydrogens is 216 g/mol. The fourth-order valence-electron chi connectivity index (χ4n) is 2.37. The molecule has 0 aromatic carbocycles. The minimum absolute atomic E-state index is 0.309. The molecule has 96 valence electrons. The van der Waals surface area contributed by atoms with Crippen LogP contribution in [0.4, 0.5) is 0 Å². The second-order valence-corrected chi connectivity index (χ2v) is 4.80. The summed E-state index contributed by atoms with van der Waals surface area (Å²) in [6.07, 6.45) is 9.85. The Balaban J connectivity index is 1.75. The van der Waals surface area contributed by atoms with Crippen molar-refractivity contribution in [2.45, 2.75) is 44.2 Å². The van der Waals surface area contributed by atoms with Crippen molar-refractivity contribution in [3.8, 4) is 0 Å². The summed E-state index contributed by atoms with van der Waals surface area (Å²) in [5.41, 5.74) is 4.12. The monoisotopic (exact) mass is 238 g/mol. The van der Waals surface area contributed by atoms with Gasteiger partial charge in [0.25, 0.3) is 0 Å². The quantitative estimate of drug-likeness (QED) is 0.567. The van der Waals surface area contributed by atoms with Crippen LogP contribution in [0.25, 0.3) is 0 Å². The summed E-state index contributed by atoms with van der Waals surface area (Å²) in [6.45, 7) is 0.925. The molecule has 0 radical (unpaired) electrons. The minimum Gasteiger partial charge on any atom is -0.378 e. The van der Waals surface area contributed by atoms with Crippen LogP contribution >= 0.6 is 0 Å². The smallest absolute Gasteiger partial charge is 0.0576 e. The van der Waals surface area contributed by atoms with E-state index < -0.39 is 0 Å². The number of rotatable bonds is 6. The van der Waals surface area contributed by atoms with E-state index in [-0.39, 0.29) is 0 Å². The lowest BCUT2D eigenvalue weighted by atomic mass is 10.0. The Hall–Kier alpha value is -0.910. The summed E-state index contributed by atoms with van der Waals surface area (Å²) in [5, 5.41) is 4.16. The van der Waals surface area contributed by atoms with Crippen LogP contribution in [0.2, 0.25) is 0 Å². The van der Waals surface area contributed by atoms with Gasteiger partial charge in [0.15, 0.2) is 0 Å². The molecule has 1 aliphatic rings. The van der Waals surface area contributed by atoms with E-state index in [2.05, 4.69) is 10.5 Å². The molecule has 0 spiro atoms. The largest absolute Gasteiger partial charge is 0.378 e. The van der Waals surface area contributed by atoms with E-state index in [4.69, 9.17) is 10.6 Å². The number of aryl methyl sites for hydroxylation is 1. The second kappa shape index (κ2) is 6.14. The molecule has 1 fully saturated rings. The van der Waals surface area contributed by atoms with Crippen LogP contribution in [0.15, 0.2) is 12.4 Å². The van der Waals surface area contributed by atoms with Gasteiger partial charge in [0.2, 0.25) is 0 Å². The van der Waals surface area contributed by atoms with Gasteiger partial charge in [-0.1, -0.05) is 0 Å². The van der Waals surface area contributed by atoms with Gasteiger partial charge in [-0.15, -0.1) is 0 Å². The highest BCUT2D eigenvalue weighted by Gasteiger charge is 2.17. The molecule has 2 rings (SSSR count). The Bertz CT molecular complexity index is 333. The lowest BCUT2D eigenvalue weighted by Crippen LogP contribution is -2.37. The topological polar surface area (TPSA) is 65.1 Å². The molecular formula is C12H22N4O. The van der Waals surface area contributed by atoms with Crippen molar-refractivity contribution in [1.82, 2.24) is 15.2 Å². The molecule has 1 aromatic heterocycles. The first-order chi connectivity index (χ1) is 8.28. The van der Waals surface area contributed by atoms with Gasteiger partial charge in [-0.25, -0.2) is 0 Å². The van der Waals surface area contributed by atoms with Gasteiger partial charge in [0.05, 0.1) is 12.3 Å². The van der Waals surface area contributed by atoms with Crippen molar-refractivity contribution >= 4 is 0 Å². The Morgan fingerprint density at radius 2 is 2.59 bits per heavy atom. The number of ether oxygens (including phenoxy) is 1. The van der Waals surface area contributed by atoms with Crippen LogP contribution < -0.4 is 11.3 Å². The zero-order valence-electron chi connectivity index (χ0n) is 10.4. The van der Waals surface area contributed by atoms with Gasteiger partial charge in [-0.3, -0.25) is 16.0 Å². The number of nitrogens with zero attached hydrogens (tertiary/aromatic N) is 2. The van der Waals surface area contributed by atoms with Gasteiger partial charge >= 0.3 is 0 Å². The maximum Gasteiger partial charge on any atom is 0.0576 e. The summed E-state index contributed by atoms with van der Waals surface area (Å²) >= 11 is 0. The number of hydrazine groups is 1. The highest BCUT2D eigenvalue weighted by atomic mass is 16.5. The van der Waals surface area contributed by atoms with Gasteiger partial charge < -0.3 is 4.74 Å². The first-order valence-corrected chi connectivity index (χ1v) is 6.33. The molecule has 1 aliphatic heterocycles. The van der Waals surface area contributed by atoms with E-state index in [1.165, 1.54) is 18.4 Å². The fourth-order valence-corrected chi connectivity index (χ4v) is 2.37. The molecule has 1 aromatic rings. The third kappa shape index (κ3) is 3.80. The van der Waals surface area contributed by atoms with Gasteiger partial charge in [0, 0.05) is 25.9 Å². The molecule has 5 nitrogen and oxygen atoms in total. The lowest BCUT2D eigenvalue weighted by molar-refractivity contribution is 0.0996. The third-order valence-corrected chi connectivity index (χ3v) is 3.34. The predicted molar refractivity (Wildman–Crippen MR) is 66.2 cm³/mol. The van der Waals surface area contributed by atoms with Crippen molar-refractivity contribution < 1.29 is 4.74 Å². The first-order valence-electron chi connectivity index (χ1n) is 6.33. The fraction of sp³-hybridized carbons (Fsp3) is 0.750. The standard InChI is InChI=1S/C12H22N4O/c1-16-9-10(8-14-16)7-11(15-13)4-5-12-3-2-6-17-12/h8-9,11-12,15H,2-7,13H2,1H3. The molecule has 2 atom stereocenters. The van der Waals surface area contributed by atoms with E-state index in [1.54, 1.807) is 0 Å². The zero-order chi connectivity index (χ0) is 12.1. The summed E-state index contributed by atoms with van der Waals surface area (Å²) < 4.78 is 7.44. The number of aromatic nitrogens is 2. The van der Waals surface area contributed by atoms with Crippen LogP contribution in [-0.4, -0.2) is 28.5 Å². The summed E-state index contributed by atoms with van der Waals surface area (Å²) in [4.78, 5) is 0. The number of hydrogen-bond donors (Lipinski definition) is 2. The molecule has 0 saturated carbocycles. The molecule has 0 bridgehead atoms. The van der Waals surface area contributed by atoms with Crippen LogP contribution in [-0.2, 0) is 18.2 Å². The highest BCUT2D eigenvalue weighted by molar-refractivity contribution is 5.05. The molecule has 5 heteroatoms. The number of nitrogens with two attached hydrogens (primary N) is 1. The van der Waals surface area contributed by atoms with Crippen LogP contribution in [0, 0.1) is 0 Å². The van der Waals surface area contributed by atoms with Crippen molar-refractivity contribution in [2.75, 3.05) is 6.61 Å². The van der Waals surface area contributed by atoms with E-state index in [1.807, 2.05) is 24.1 Å². The van der Waals surface area contributed by atoms with Crippen LogP contribution in [0.5, 0.6) is 0 Å². The molecule has 3 N–H and O–H groups in total.